The van der Waals surface area contributed by atoms with Crippen LogP contribution in [0.1, 0.15) is 30.3 Å². The van der Waals surface area contributed by atoms with E-state index in [-0.39, 0.29) is 11.9 Å². The second-order valence-corrected chi connectivity index (χ2v) is 5.61. The second kappa shape index (κ2) is 5.80. The van der Waals surface area contributed by atoms with Crippen LogP contribution in [0.3, 0.4) is 0 Å². The number of nitrogens with zero attached hydrogens (tertiary/aromatic N) is 2. The van der Waals surface area contributed by atoms with Crippen molar-refractivity contribution in [2.75, 3.05) is 13.1 Å². The van der Waals surface area contributed by atoms with E-state index in [9.17, 15) is 4.79 Å². The smallest absolute Gasteiger partial charge is 0.273 e. The number of nitrogens with two attached hydrogens (primary N) is 1. The Morgan fingerprint density at radius 3 is 3.11 bits per heavy atom. The van der Waals surface area contributed by atoms with Gasteiger partial charge in [-0.3, -0.25) is 4.79 Å². The number of rotatable bonds is 2. The van der Waals surface area contributed by atoms with Gasteiger partial charge in [0, 0.05) is 29.8 Å². The third-order valence-electron chi connectivity index (χ3n) is 3.58. The van der Waals surface area contributed by atoms with Crippen molar-refractivity contribution in [2.45, 2.75) is 25.8 Å². The molecule has 2 atom stereocenters. The van der Waals surface area contributed by atoms with Crippen LogP contribution >= 0.6 is 15.9 Å². The zero-order chi connectivity index (χ0) is 13.1. The normalized spacial score (nSPS) is 24.1. The van der Waals surface area contributed by atoms with Gasteiger partial charge in [0.2, 0.25) is 0 Å². The highest BCUT2D eigenvalue weighted by Gasteiger charge is 2.32. The first kappa shape index (κ1) is 13.5. The Balaban J connectivity index is 2.25. The van der Waals surface area contributed by atoms with Gasteiger partial charge in [-0.15, -0.1) is 0 Å². The van der Waals surface area contributed by atoms with Crippen molar-refractivity contribution in [3.63, 3.8) is 0 Å². The van der Waals surface area contributed by atoms with E-state index < -0.39 is 0 Å². The number of hydrogen-bond donors (Lipinski definition) is 1. The molecule has 1 aromatic rings. The molecule has 2 N–H and O–H groups in total. The van der Waals surface area contributed by atoms with Gasteiger partial charge >= 0.3 is 0 Å². The van der Waals surface area contributed by atoms with E-state index in [4.69, 9.17) is 5.73 Å². The molecule has 1 fully saturated rings. The van der Waals surface area contributed by atoms with Crippen molar-refractivity contribution in [3.05, 3.63) is 28.5 Å². The average molecular weight is 312 g/mol. The number of hydrogen-bond acceptors (Lipinski definition) is 3. The molecule has 1 aromatic heterocycles. The minimum Gasteiger partial charge on any atom is -0.333 e. The van der Waals surface area contributed by atoms with Gasteiger partial charge in [0.15, 0.2) is 0 Å². The van der Waals surface area contributed by atoms with Crippen LogP contribution in [0.15, 0.2) is 22.8 Å². The minimum atomic E-state index is -0.0236. The summed E-state index contributed by atoms with van der Waals surface area (Å²) in [4.78, 5) is 18.6. The van der Waals surface area contributed by atoms with Gasteiger partial charge in [-0.2, -0.15) is 0 Å². The fourth-order valence-electron chi connectivity index (χ4n) is 2.54. The Kier molecular flexibility index (Phi) is 4.35. The van der Waals surface area contributed by atoms with Crippen LogP contribution in [0, 0.1) is 5.92 Å². The predicted molar refractivity (Wildman–Crippen MR) is 74.2 cm³/mol. The number of halogens is 1. The molecule has 4 nitrogen and oxygen atoms in total. The fourth-order valence-corrected chi connectivity index (χ4v) is 2.96. The van der Waals surface area contributed by atoms with Crippen LogP contribution < -0.4 is 5.73 Å². The fraction of sp³-hybridized carbons (Fsp3) is 0.538. The lowest BCUT2D eigenvalue weighted by molar-refractivity contribution is 0.0525. The molecule has 0 bridgehead atoms. The highest BCUT2D eigenvalue weighted by molar-refractivity contribution is 9.10. The Hall–Kier alpha value is -0.940. The largest absolute Gasteiger partial charge is 0.333 e. The number of carbonyl (C=O) groups is 1. The maximum absolute atomic E-state index is 12.5. The number of amides is 1. The molecule has 1 saturated heterocycles. The Morgan fingerprint density at radius 1 is 1.67 bits per heavy atom. The summed E-state index contributed by atoms with van der Waals surface area (Å²) in [7, 11) is 0. The van der Waals surface area contributed by atoms with E-state index in [1.54, 1.807) is 12.3 Å². The van der Waals surface area contributed by atoms with Crippen LogP contribution in [0.4, 0.5) is 0 Å². The van der Waals surface area contributed by atoms with Gasteiger partial charge < -0.3 is 10.6 Å². The summed E-state index contributed by atoms with van der Waals surface area (Å²) in [6.07, 6.45) is 3.81. The van der Waals surface area contributed by atoms with Gasteiger partial charge in [-0.1, -0.05) is 6.92 Å². The minimum absolute atomic E-state index is 0.0236. The molecule has 5 heteroatoms. The lowest BCUT2D eigenvalue weighted by atomic mass is 9.90. The number of piperidine rings is 1. The van der Waals surface area contributed by atoms with Crippen LogP contribution in [0.25, 0.3) is 0 Å². The molecule has 2 rings (SSSR count). The summed E-state index contributed by atoms with van der Waals surface area (Å²) < 4.78 is 0.740. The molecule has 1 aliphatic heterocycles. The lowest BCUT2D eigenvalue weighted by Gasteiger charge is -2.39. The number of carbonyl (C=O) groups excluding carboxylic acids is 1. The maximum atomic E-state index is 12.5. The topological polar surface area (TPSA) is 59.2 Å². The summed E-state index contributed by atoms with van der Waals surface area (Å²) in [5, 5.41) is 0. The lowest BCUT2D eigenvalue weighted by Crippen LogP contribution is -2.51. The molecule has 18 heavy (non-hydrogen) atoms. The van der Waals surface area contributed by atoms with Gasteiger partial charge in [0.25, 0.3) is 5.91 Å². The van der Waals surface area contributed by atoms with Crippen molar-refractivity contribution >= 4 is 21.8 Å². The second-order valence-electron chi connectivity index (χ2n) is 4.75. The van der Waals surface area contributed by atoms with Gasteiger partial charge in [-0.05, 0) is 46.8 Å². The Labute approximate surface area is 116 Å². The van der Waals surface area contributed by atoms with E-state index in [0.717, 1.165) is 23.9 Å². The van der Waals surface area contributed by atoms with E-state index in [1.165, 1.54) is 0 Å². The van der Waals surface area contributed by atoms with Crippen LogP contribution in [-0.2, 0) is 0 Å². The molecule has 1 amide bonds. The molecule has 0 spiro atoms. The van der Waals surface area contributed by atoms with Crippen molar-refractivity contribution in [1.29, 1.82) is 0 Å². The van der Waals surface area contributed by atoms with E-state index in [1.807, 2.05) is 11.0 Å². The van der Waals surface area contributed by atoms with Crippen LogP contribution in [0.2, 0.25) is 0 Å². The van der Waals surface area contributed by atoms with Crippen molar-refractivity contribution in [3.8, 4) is 0 Å². The summed E-state index contributed by atoms with van der Waals surface area (Å²) in [5.41, 5.74) is 6.29. The van der Waals surface area contributed by atoms with E-state index in [0.29, 0.717) is 18.2 Å². The average Bonchev–Trinajstić information content (AvgIpc) is 2.38. The molecular formula is C13H18BrN3O. The highest BCUT2D eigenvalue weighted by atomic mass is 79.9. The van der Waals surface area contributed by atoms with Crippen molar-refractivity contribution in [1.82, 2.24) is 9.88 Å². The first-order chi connectivity index (χ1) is 8.65. The summed E-state index contributed by atoms with van der Waals surface area (Å²) in [6.45, 7) is 3.44. The molecule has 2 unspecified atom stereocenters. The molecule has 98 valence electrons. The Bertz CT molecular complexity index is 438. The molecule has 1 aliphatic rings. The Morgan fingerprint density at radius 2 is 2.44 bits per heavy atom. The van der Waals surface area contributed by atoms with E-state index >= 15 is 0 Å². The number of aromatic nitrogens is 1. The third kappa shape index (κ3) is 2.57. The van der Waals surface area contributed by atoms with Gasteiger partial charge in [0.1, 0.15) is 5.69 Å². The quantitative estimate of drug-likeness (QED) is 0.909. The van der Waals surface area contributed by atoms with Crippen LogP contribution in [-0.4, -0.2) is 34.9 Å². The summed E-state index contributed by atoms with van der Waals surface area (Å²) >= 11 is 3.38. The zero-order valence-electron chi connectivity index (χ0n) is 10.5. The van der Waals surface area contributed by atoms with Crippen LogP contribution in [0.5, 0.6) is 0 Å². The van der Waals surface area contributed by atoms with E-state index in [2.05, 4.69) is 27.8 Å². The first-order valence-electron chi connectivity index (χ1n) is 6.26. The monoisotopic (exact) mass is 311 g/mol. The standard InChI is InChI=1S/C13H18BrN3O/c1-9-4-3-7-17(11(9)8-15)13(18)12-10(14)5-2-6-16-12/h2,5-6,9,11H,3-4,7-8,15H2,1H3. The molecule has 0 aromatic carbocycles. The summed E-state index contributed by atoms with van der Waals surface area (Å²) in [6, 6.07) is 3.77. The highest BCUT2D eigenvalue weighted by Crippen LogP contribution is 2.25. The molecular weight excluding hydrogens is 294 g/mol. The molecule has 0 radical (unpaired) electrons. The molecule has 0 saturated carbocycles. The SMILES string of the molecule is CC1CCCN(C(=O)c2ncccc2Br)C1CN. The number of likely N-dealkylation sites (tertiary alicyclic amines) is 1. The number of pyridine rings is 1. The maximum Gasteiger partial charge on any atom is 0.273 e. The molecule has 2 heterocycles. The van der Waals surface area contributed by atoms with Gasteiger partial charge in [0.05, 0.1) is 0 Å². The van der Waals surface area contributed by atoms with Gasteiger partial charge in [-0.25, -0.2) is 4.98 Å². The predicted octanol–water partition coefficient (Wildman–Crippen LogP) is 2.04. The molecule has 0 aliphatic carbocycles. The summed E-state index contributed by atoms with van der Waals surface area (Å²) in [5.74, 6) is 0.430. The zero-order valence-corrected chi connectivity index (χ0v) is 12.1. The van der Waals surface area contributed by atoms with Crippen molar-refractivity contribution < 1.29 is 4.79 Å². The third-order valence-corrected chi connectivity index (χ3v) is 4.22. The first-order valence-corrected chi connectivity index (χ1v) is 7.06. The van der Waals surface area contributed by atoms with Crippen molar-refractivity contribution in [2.24, 2.45) is 11.7 Å².